The van der Waals surface area contributed by atoms with Gasteiger partial charge in [0, 0.05) is 51.0 Å². The molecule has 1 saturated carbocycles. The van der Waals surface area contributed by atoms with Crippen molar-refractivity contribution in [3.63, 3.8) is 0 Å². The molecular weight excluding hydrogens is 318 g/mol. The van der Waals surface area contributed by atoms with E-state index in [4.69, 9.17) is 0 Å². The van der Waals surface area contributed by atoms with Crippen LogP contribution in [0.2, 0.25) is 0 Å². The molecule has 3 fully saturated rings. The molecule has 0 radical (unpaired) electrons. The molecule has 1 aromatic carbocycles. The lowest BCUT2D eigenvalue weighted by atomic mass is 9.88. The van der Waals surface area contributed by atoms with Gasteiger partial charge >= 0.3 is 0 Å². The first-order chi connectivity index (χ1) is 12.8. The van der Waals surface area contributed by atoms with Crippen molar-refractivity contribution in [1.29, 1.82) is 0 Å². The number of benzene rings is 1. The van der Waals surface area contributed by atoms with E-state index in [2.05, 4.69) is 45.9 Å². The second-order valence-corrected chi connectivity index (χ2v) is 8.87. The first-order valence-electron chi connectivity index (χ1n) is 11.1. The van der Waals surface area contributed by atoms with Crippen LogP contribution in [0.1, 0.15) is 50.5 Å². The standard InChI is InChI=1S/C23H37N3/c1-20-8-5-6-12-23(20)26-16-14-25(15-17-26)22-11-7-13-24(19-22)18-21-9-3-2-4-10-21/h5-6,8,12,21-22H,2-4,7,9-11,13-19H2,1H3. The average molecular weight is 356 g/mol. The van der Waals surface area contributed by atoms with Gasteiger partial charge in [0.2, 0.25) is 0 Å². The molecule has 0 amide bonds. The highest BCUT2D eigenvalue weighted by Gasteiger charge is 2.29. The predicted molar refractivity (Wildman–Crippen MR) is 111 cm³/mol. The Balaban J connectivity index is 1.28. The monoisotopic (exact) mass is 355 g/mol. The molecule has 2 saturated heterocycles. The van der Waals surface area contributed by atoms with Crippen LogP contribution in [0.15, 0.2) is 24.3 Å². The Hall–Kier alpha value is -1.06. The van der Waals surface area contributed by atoms with Crippen LogP contribution in [0.3, 0.4) is 0 Å². The van der Waals surface area contributed by atoms with Crippen molar-refractivity contribution in [3.05, 3.63) is 29.8 Å². The van der Waals surface area contributed by atoms with E-state index in [9.17, 15) is 0 Å². The maximum absolute atomic E-state index is 2.80. The number of piperidine rings is 1. The summed E-state index contributed by atoms with van der Waals surface area (Å²) in [5.74, 6) is 0.986. The Morgan fingerprint density at radius 2 is 1.62 bits per heavy atom. The van der Waals surface area contributed by atoms with Crippen LogP contribution in [0.4, 0.5) is 5.69 Å². The summed E-state index contributed by atoms with van der Waals surface area (Å²) in [5.41, 5.74) is 2.85. The number of para-hydroxylation sites is 1. The molecule has 2 aliphatic heterocycles. The molecule has 144 valence electrons. The van der Waals surface area contributed by atoms with Crippen molar-refractivity contribution >= 4 is 5.69 Å². The Kier molecular flexibility index (Phi) is 6.16. The van der Waals surface area contributed by atoms with E-state index in [1.165, 1.54) is 102 Å². The third-order valence-corrected chi connectivity index (χ3v) is 7.01. The summed E-state index contributed by atoms with van der Waals surface area (Å²) < 4.78 is 0. The summed E-state index contributed by atoms with van der Waals surface area (Å²) in [7, 11) is 0. The number of hydrogen-bond acceptors (Lipinski definition) is 3. The molecule has 2 heterocycles. The van der Waals surface area contributed by atoms with Crippen molar-refractivity contribution < 1.29 is 0 Å². The lowest BCUT2D eigenvalue weighted by Gasteiger charge is -2.45. The minimum absolute atomic E-state index is 0.798. The van der Waals surface area contributed by atoms with Gasteiger partial charge in [-0.25, -0.2) is 0 Å². The number of hydrogen-bond donors (Lipinski definition) is 0. The van der Waals surface area contributed by atoms with Crippen molar-refractivity contribution in [2.75, 3.05) is 50.7 Å². The van der Waals surface area contributed by atoms with Gasteiger partial charge in [0.25, 0.3) is 0 Å². The zero-order valence-corrected chi connectivity index (χ0v) is 16.7. The molecule has 1 aliphatic carbocycles. The molecule has 3 nitrogen and oxygen atoms in total. The van der Waals surface area contributed by atoms with Gasteiger partial charge in [0.05, 0.1) is 0 Å². The highest BCUT2D eigenvalue weighted by molar-refractivity contribution is 5.53. The lowest BCUT2D eigenvalue weighted by molar-refractivity contribution is 0.0787. The molecule has 3 aliphatic rings. The topological polar surface area (TPSA) is 9.72 Å². The van der Waals surface area contributed by atoms with Crippen LogP contribution in [-0.4, -0.2) is 61.7 Å². The van der Waals surface area contributed by atoms with E-state index in [1.807, 2.05) is 0 Å². The molecule has 1 atom stereocenters. The summed E-state index contributed by atoms with van der Waals surface area (Å²) in [6.45, 7) is 11.1. The summed E-state index contributed by atoms with van der Waals surface area (Å²) in [6, 6.07) is 9.66. The van der Waals surface area contributed by atoms with Crippen LogP contribution >= 0.6 is 0 Å². The Bertz CT molecular complexity index is 558. The molecular formula is C23H37N3. The SMILES string of the molecule is Cc1ccccc1N1CCN(C2CCCN(CC3CCCCC3)C2)CC1. The van der Waals surface area contributed by atoms with Gasteiger partial charge in [-0.15, -0.1) is 0 Å². The fourth-order valence-electron chi connectivity index (χ4n) is 5.48. The average Bonchev–Trinajstić information content (AvgIpc) is 2.70. The lowest BCUT2D eigenvalue weighted by Crippen LogP contribution is -2.55. The van der Waals surface area contributed by atoms with Gasteiger partial charge in [-0.3, -0.25) is 4.90 Å². The van der Waals surface area contributed by atoms with Gasteiger partial charge < -0.3 is 9.80 Å². The molecule has 0 aromatic heterocycles. The number of piperazine rings is 1. The molecule has 1 aromatic rings. The fraction of sp³-hybridized carbons (Fsp3) is 0.739. The van der Waals surface area contributed by atoms with Crippen LogP contribution < -0.4 is 4.90 Å². The largest absolute Gasteiger partial charge is 0.369 e. The third kappa shape index (κ3) is 4.43. The number of anilines is 1. The van der Waals surface area contributed by atoms with Gasteiger partial charge in [-0.1, -0.05) is 37.5 Å². The van der Waals surface area contributed by atoms with Gasteiger partial charge in [0.15, 0.2) is 0 Å². The van der Waals surface area contributed by atoms with Crippen molar-refractivity contribution in [1.82, 2.24) is 9.80 Å². The number of aryl methyl sites for hydroxylation is 1. The highest BCUT2D eigenvalue weighted by atomic mass is 15.3. The van der Waals surface area contributed by atoms with Gasteiger partial charge in [0.1, 0.15) is 0 Å². The minimum atomic E-state index is 0.798. The molecule has 3 heteroatoms. The summed E-state index contributed by atoms with van der Waals surface area (Å²) in [6.07, 6.45) is 10.2. The van der Waals surface area contributed by atoms with Crippen LogP contribution in [0.25, 0.3) is 0 Å². The van der Waals surface area contributed by atoms with E-state index in [1.54, 1.807) is 0 Å². The van der Waals surface area contributed by atoms with E-state index in [-0.39, 0.29) is 0 Å². The second kappa shape index (κ2) is 8.75. The maximum Gasteiger partial charge on any atom is 0.0396 e. The molecule has 0 N–H and O–H groups in total. The van der Waals surface area contributed by atoms with Crippen LogP contribution in [0.5, 0.6) is 0 Å². The molecule has 1 unspecified atom stereocenters. The summed E-state index contributed by atoms with van der Waals surface area (Å²) >= 11 is 0. The second-order valence-electron chi connectivity index (χ2n) is 8.87. The molecule has 4 rings (SSSR count). The first-order valence-corrected chi connectivity index (χ1v) is 11.1. The smallest absolute Gasteiger partial charge is 0.0396 e. The zero-order valence-electron chi connectivity index (χ0n) is 16.7. The van der Waals surface area contributed by atoms with E-state index >= 15 is 0 Å². The van der Waals surface area contributed by atoms with Gasteiger partial charge in [-0.05, 0) is 56.7 Å². The molecule has 0 bridgehead atoms. The van der Waals surface area contributed by atoms with Crippen LogP contribution in [-0.2, 0) is 0 Å². The van der Waals surface area contributed by atoms with E-state index < -0.39 is 0 Å². The Morgan fingerprint density at radius 3 is 2.38 bits per heavy atom. The van der Waals surface area contributed by atoms with E-state index in [0.29, 0.717) is 0 Å². The van der Waals surface area contributed by atoms with Crippen molar-refractivity contribution in [3.8, 4) is 0 Å². The zero-order chi connectivity index (χ0) is 17.8. The first kappa shape index (κ1) is 18.3. The summed E-state index contributed by atoms with van der Waals surface area (Å²) in [4.78, 5) is 8.19. The Labute approximate surface area is 160 Å². The number of rotatable bonds is 4. The number of likely N-dealkylation sites (tertiary alicyclic amines) is 1. The third-order valence-electron chi connectivity index (χ3n) is 7.01. The quantitative estimate of drug-likeness (QED) is 0.803. The van der Waals surface area contributed by atoms with Crippen molar-refractivity contribution in [2.45, 2.75) is 57.9 Å². The van der Waals surface area contributed by atoms with E-state index in [0.717, 1.165) is 12.0 Å². The van der Waals surface area contributed by atoms with Crippen molar-refractivity contribution in [2.24, 2.45) is 5.92 Å². The molecule has 26 heavy (non-hydrogen) atoms. The highest BCUT2D eigenvalue weighted by Crippen LogP contribution is 2.27. The Morgan fingerprint density at radius 1 is 0.846 bits per heavy atom. The van der Waals surface area contributed by atoms with Gasteiger partial charge in [-0.2, -0.15) is 0 Å². The minimum Gasteiger partial charge on any atom is -0.369 e. The summed E-state index contributed by atoms with van der Waals surface area (Å²) in [5, 5.41) is 0. The fourth-order valence-corrected chi connectivity index (χ4v) is 5.48. The maximum atomic E-state index is 2.80. The normalized spacial score (nSPS) is 27.0. The number of nitrogens with zero attached hydrogens (tertiary/aromatic N) is 3. The van der Waals surface area contributed by atoms with Crippen LogP contribution in [0, 0.1) is 12.8 Å². The predicted octanol–water partition coefficient (Wildman–Crippen LogP) is 4.16. The molecule has 0 spiro atoms.